The Labute approximate surface area is 131 Å². The second-order valence-corrected chi connectivity index (χ2v) is 6.06. The van der Waals surface area contributed by atoms with Crippen molar-refractivity contribution in [3.05, 3.63) is 23.8 Å². The highest BCUT2D eigenvalue weighted by Gasteiger charge is 2.18. The van der Waals surface area contributed by atoms with Crippen molar-refractivity contribution in [3.63, 3.8) is 0 Å². The van der Waals surface area contributed by atoms with E-state index in [9.17, 15) is 4.79 Å². The van der Waals surface area contributed by atoms with Crippen LogP contribution in [0.4, 0.5) is 0 Å². The molecule has 8 nitrogen and oxygen atoms in total. The van der Waals surface area contributed by atoms with Gasteiger partial charge in [0.15, 0.2) is 11.5 Å². The number of carbonyl (C=O) groups is 1. The number of nitrogens with zero attached hydrogens (tertiary/aromatic N) is 4. The zero-order valence-electron chi connectivity index (χ0n) is 12.1. The molecule has 1 aliphatic rings. The first kappa shape index (κ1) is 14.6. The molecular weight excluding hydrogens is 306 g/mol. The van der Waals surface area contributed by atoms with E-state index in [1.807, 2.05) is 25.1 Å². The van der Waals surface area contributed by atoms with Gasteiger partial charge in [0.05, 0.1) is 5.25 Å². The number of aromatic nitrogens is 4. The van der Waals surface area contributed by atoms with Gasteiger partial charge < -0.3 is 14.8 Å². The highest BCUT2D eigenvalue weighted by Crippen LogP contribution is 2.32. The van der Waals surface area contributed by atoms with Crippen LogP contribution in [0.3, 0.4) is 0 Å². The molecule has 0 spiro atoms. The molecule has 1 unspecified atom stereocenters. The number of amides is 1. The van der Waals surface area contributed by atoms with Gasteiger partial charge >= 0.3 is 0 Å². The third-order valence-corrected chi connectivity index (χ3v) is 4.26. The molecule has 9 heteroatoms. The number of benzene rings is 1. The molecule has 0 bridgehead atoms. The fraction of sp³-hybridized carbons (Fsp3) is 0.385. The smallest absolute Gasteiger partial charge is 0.233 e. The van der Waals surface area contributed by atoms with Crippen LogP contribution in [0.15, 0.2) is 23.4 Å². The summed E-state index contributed by atoms with van der Waals surface area (Å²) in [7, 11) is 1.74. The van der Waals surface area contributed by atoms with Crippen LogP contribution in [-0.2, 0) is 18.4 Å². The molecule has 0 saturated heterocycles. The lowest BCUT2D eigenvalue weighted by molar-refractivity contribution is -0.120. The number of ether oxygens (including phenoxy) is 2. The third kappa shape index (κ3) is 3.14. The standard InChI is InChI=1S/C13H15N5O3S/c1-8(22-13-15-16-17-18(13)2)12(19)14-6-9-3-4-10-11(5-9)21-7-20-10/h3-5,8H,6-7H2,1-2H3,(H,14,19). The van der Waals surface area contributed by atoms with Crippen LogP contribution < -0.4 is 14.8 Å². The Bertz CT molecular complexity index is 690. The lowest BCUT2D eigenvalue weighted by Crippen LogP contribution is -2.30. The molecule has 0 fully saturated rings. The van der Waals surface area contributed by atoms with E-state index < -0.39 is 0 Å². The summed E-state index contributed by atoms with van der Waals surface area (Å²) in [5.41, 5.74) is 0.954. The second kappa shape index (κ2) is 6.22. The summed E-state index contributed by atoms with van der Waals surface area (Å²) in [6, 6.07) is 5.61. The summed E-state index contributed by atoms with van der Waals surface area (Å²) >= 11 is 1.31. The maximum Gasteiger partial charge on any atom is 0.233 e. The number of rotatable bonds is 5. The number of aryl methyl sites for hydroxylation is 1. The number of hydrogen-bond acceptors (Lipinski definition) is 7. The van der Waals surface area contributed by atoms with Crippen LogP contribution in [0.1, 0.15) is 12.5 Å². The first-order valence-corrected chi connectivity index (χ1v) is 7.56. The van der Waals surface area contributed by atoms with Crippen LogP contribution >= 0.6 is 11.8 Å². The lowest BCUT2D eigenvalue weighted by Gasteiger charge is -2.11. The molecular formula is C13H15N5O3S. The van der Waals surface area contributed by atoms with Gasteiger partial charge in [-0.25, -0.2) is 4.68 Å². The average molecular weight is 321 g/mol. The van der Waals surface area contributed by atoms with Crippen LogP contribution in [0.5, 0.6) is 11.5 Å². The van der Waals surface area contributed by atoms with E-state index in [1.165, 1.54) is 16.4 Å². The van der Waals surface area contributed by atoms with E-state index in [0.717, 1.165) is 11.3 Å². The molecule has 1 aliphatic heterocycles. The van der Waals surface area contributed by atoms with Gasteiger partial charge in [0.25, 0.3) is 0 Å². The molecule has 0 saturated carbocycles. The zero-order chi connectivity index (χ0) is 15.5. The van der Waals surface area contributed by atoms with E-state index in [-0.39, 0.29) is 18.0 Å². The van der Waals surface area contributed by atoms with Gasteiger partial charge in [-0.3, -0.25) is 4.79 Å². The van der Waals surface area contributed by atoms with Crippen LogP contribution in [-0.4, -0.2) is 38.2 Å². The third-order valence-electron chi connectivity index (χ3n) is 3.14. The van der Waals surface area contributed by atoms with Crippen LogP contribution in [0, 0.1) is 0 Å². The van der Waals surface area contributed by atoms with Crippen LogP contribution in [0.25, 0.3) is 0 Å². The summed E-state index contributed by atoms with van der Waals surface area (Å²) in [5, 5.41) is 14.3. The molecule has 22 heavy (non-hydrogen) atoms. The maximum absolute atomic E-state index is 12.1. The molecule has 1 aromatic carbocycles. The number of nitrogens with one attached hydrogen (secondary N) is 1. The van der Waals surface area contributed by atoms with Gasteiger partial charge in [0.1, 0.15) is 0 Å². The molecule has 1 atom stereocenters. The number of tetrazole rings is 1. The summed E-state index contributed by atoms with van der Waals surface area (Å²) in [6.45, 7) is 2.48. The monoisotopic (exact) mass is 321 g/mol. The van der Waals surface area contributed by atoms with Crippen molar-refractivity contribution in [2.45, 2.75) is 23.9 Å². The number of fused-ring (bicyclic) bond motifs is 1. The number of carbonyl (C=O) groups excluding carboxylic acids is 1. The minimum atomic E-state index is -0.293. The predicted octanol–water partition coefficient (Wildman–Crippen LogP) is 0.736. The van der Waals surface area contributed by atoms with Crippen molar-refractivity contribution in [1.29, 1.82) is 0 Å². The Balaban J connectivity index is 1.54. The molecule has 0 radical (unpaired) electrons. The average Bonchev–Trinajstić information content (AvgIpc) is 3.13. The van der Waals surface area contributed by atoms with Crippen molar-refractivity contribution in [3.8, 4) is 11.5 Å². The zero-order valence-corrected chi connectivity index (χ0v) is 13.0. The minimum absolute atomic E-state index is 0.0781. The van der Waals surface area contributed by atoms with Crippen molar-refractivity contribution < 1.29 is 14.3 Å². The molecule has 2 aromatic rings. The lowest BCUT2D eigenvalue weighted by atomic mass is 10.2. The minimum Gasteiger partial charge on any atom is -0.454 e. The summed E-state index contributed by atoms with van der Waals surface area (Å²) < 4.78 is 12.1. The van der Waals surface area contributed by atoms with Crippen molar-refractivity contribution in [2.24, 2.45) is 7.05 Å². The predicted molar refractivity (Wildman–Crippen MR) is 78.5 cm³/mol. The second-order valence-electron chi connectivity index (χ2n) is 4.75. The first-order chi connectivity index (χ1) is 10.6. The molecule has 2 heterocycles. The van der Waals surface area contributed by atoms with E-state index >= 15 is 0 Å². The SMILES string of the molecule is CC(Sc1nnnn1C)C(=O)NCc1ccc2c(c1)OCO2. The summed E-state index contributed by atoms with van der Waals surface area (Å²) in [5.74, 6) is 1.36. The Kier molecular flexibility index (Phi) is 4.14. The number of thioether (sulfide) groups is 1. The van der Waals surface area contributed by atoms with Gasteiger partial charge in [0, 0.05) is 13.6 Å². The molecule has 0 aliphatic carbocycles. The Morgan fingerprint density at radius 1 is 1.45 bits per heavy atom. The normalized spacial score (nSPS) is 13.9. The first-order valence-electron chi connectivity index (χ1n) is 6.69. The Morgan fingerprint density at radius 3 is 3.05 bits per heavy atom. The molecule has 116 valence electrons. The van der Waals surface area contributed by atoms with Gasteiger partial charge in [-0.2, -0.15) is 0 Å². The van der Waals surface area contributed by atoms with E-state index in [0.29, 0.717) is 17.5 Å². The largest absolute Gasteiger partial charge is 0.454 e. The highest BCUT2D eigenvalue weighted by atomic mass is 32.2. The fourth-order valence-corrected chi connectivity index (χ4v) is 2.70. The molecule has 3 rings (SSSR count). The summed E-state index contributed by atoms with van der Waals surface area (Å²) in [4.78, 5) is 12.1. The van der Waals surface area contributed by atoms with E-state index in [1.54, 1.807) is 7.05 Å². The molecule has 1 N–H and O–H groups in total. The quantitative estimate of drug-likeness (QED) is 0.812. The van der Waals surface area contributed by atoms with Gasteiger partial charge in [-0.15, -0.1) is 5.10 Å². The maximum atomic E-state index is 12.1. The van der Waals surface area contributed by atoms with E-state index in [2.05, 4.69) is 20.8 Å². The topological polar surface area (TPSA) is 91.2 Å². The molecule has 1 aromatic heterocycles. The molecule has 1 amide bonds. The van der Waals surface area contributed by atoms with E-state index in [4.69, 9.17) is 9.47 Å². The Morgan fingerprint density at radius 2 is 2.27 bits per heavy atom. The van der Waals surface area contributed by atoms with Crippen molar-refractivity contribution in [1.82, 2.24) is 25.5 Å². The van der Waals surface area contributed by atoms with Crippen molar-refractivity contribution >= 4 is 17.7 Å². The number of hydrogen-bond donors (Lipinski definition) is 1. The van der Waals surface area contributed by atoms with Crippen molar-refractivity contribution in [2.75, 3.05) is 6.79 Å². The fourth-order valence-electron chi connectivity index (χ4n) is 1.92. The van der Waals surface area contributed by atoms with Crippen LogP contribution in [0.2, 0.25) is 0 Å². The Hall–Kier alpha value is -2.29. The summed E-state index contributed by atoms with van der Waals surface area (Å²) in [6.07, 6.45) is 0. The highest BCUT2D eigenvalue weighted by molar-refractivity contribution is 8.00. The van der Waals surface area contributed by atoms with Gasteiger partial charge in [0.2, 0.25) is 17.9 Å². The van der Waals surface area contributed by atoms with Gasteiger partial charge in [-0.1, -0.05) is 17.8 Å². The van der Waals surface area contributed by atoms with Gasteiger partial charge in [-0.05, 0) is 35.0 Å².